The number of methoxy groups -OCH3 is 3. The molecule has 2 amide bonds. The van der Waals surface area contributed by atoms with Gasteiger partial charge in [-0.2, -0.15) is 0 Å². The van der Waals surface area contributed by atoms with Crippen molar-refractivity contribution in [2.45, 2.75) is 16.6 Å². The van der Waals surface area contributed by atoms with Gasteiger partial charge in [0.2, 0.25) is 11.8 Å². The molecule has 176 valence electrons. The van der Waals surface area contributed by atoms with Crippen molar-refractivity contribution in [3.8, 4) is 17.2 Å². The fourth-order valence-corrected chi connectivity index (χ4v) is 5.11. The lowest BCUT2D eigenvalue weighted by Crippen LogP contribution is -2.38. The number of carbonyl (C=O) groups excluding carboxylic acids is 2. The van der Waals surface area contributed by atoms with Crippen LogP contribution in [0.1, 0.15) is 17.2 Å². The zero-order valence-electron chi connectivity index (χ0n) is 19.2. The Morgan fingerprint density at radius 1 is 0.971 bits per heavy atom. The molecule has 1 aliphatic rings. The zero-order chi connectivity index (χ0) is 24.1. The van der Waals surface area contributed by atoms with Crippen molar-refractivity contribution in [2.24, 2.45) is 0 Å². The number of hydrogen-bond acceptors (Lipinski definition) is 6. The van der Waals surface area contributed by atoms with Gasteiger partial charge in [0.25, 0.3) is 0 Å². The molecule has 0 saturated carbocycles. The molecule has 1 aliphatic heterocycles. The Labute approximate surface area is 203 Å². The summed E-state index contributed by atoms with van der Waals surface area (Å²) in [6, 6.07) is 20.4. The van der Waals surface area contributed by atoms with Crippen molar-refractivity contribution in [1.29, 1.82) is 0 Å². The van der Waals surface area contributed by atoms with Crippen LogP contribution in [0.4, 0.5) is 11.4 Å². The smallest absolute Gasteiger partial charge is 0.244 e. The summed E-state index contributed by atoms with van der Waals surface area (Å²) in [4.78, 5) is 28.7. The van der Waals surface area contributed by atoms with Gasteiger partial charge in [0.1, 0.15) is 12.3 Å². The summed E-state index contributed by atoms with van der Waals surface area (Å²) in [5, 5.41) is 2.72. The quantitative estimate of drug-likeness (QED) is 0.519. The van der Waals surface area contributed by atoms with Crippen LogP contribution in [0.15, 0.2) is 71.6 Å². The molecule has 8 heteroatoms. The summed E-state index contributed by atoms with van der Waals surface area (Å²) < 4.78 is 16.0. The van der Waals surface area contributed by atoms with E-state index >= 15 is 0 Å². The molecule has 7 nitrogen and oxygen atoms in total. The van der Waals surface area contributed by atoms with Gasteiger partial charge in [-0.3, -0.25) is 9.59 Å². The fourth-order valence-electron chi connectivity index (χ4n) is 3.84. The second-order valence-corrected chi connectivity index (χ2v) is 8.90. The maximum Gasteiger partial charge on any atom is 0.244 e. The Bertz CT molecular complexity index is 1200. The molecule has 0 fully saturated rings. The van der Waals surface area contributed by atoms with E-state index in [2.05, 4.69) is 5.32 Å². The molecule has 34 heavy (non-hydrogen) atoms. The lowest BCUT2D eigenvalue weighted by molar-refractivity contribution is -0.121. The van der Waals surface area contributed by atoms with E-state index in [1.54, 1.807) is 62.3 Å². The van der Waals surface area contributed by atoms with Crippen LogP contribution >= 0.6 is 11.8 Å². The van der Waals surface area contributed by atoms with Gasteiger partial charge < -0.3 is 24.4 Å². The average Bonchev–Trinajstić information content (AvgIpc) is 3.00. The second kappa shape index (κ2) is 10.5. The maximum absolute atomic E-state index is 13.4. The van der Waals surface area contributed by atoms with E-state index in [1.165, 1.54) is 0 Å². The van der Waals surface area contributed by atoms with Crippen LogP contribution in [-0.4, -0.2) is 39.7 Å². The first-order valence-corrected chi connectivity index (χ1v) is 11.6. The first kappa shape index (κ1) is 23.5. The molecule has 3 aromatic carbocycles. The van der Waals surface area contributed by atoms with Gasteiger partial charge >= 0.3 is 0 Å². The molecule has 0 spiro atoms. The monoisotopic (exact) mass is 478 g/mol. The minimum Gasteiger partial charge on any atom is -0.497 e. The SMILES string of the molecule is COc1cccc(NC(=O)CN2C(=O)CC(c3ccc(OC)c(OC)c3)Sc3ccccc32)c1. The highest BCUT2D eigenvalue weighted by Gasteiger charge is 2.31. The Kier molecular flexibility index (Phi) is 7.27. The molecule has 1 heterocycles. The predicted octanol–water partition coefficient (Wildman–Crippen LogP) is 4.92. The molecular formula is C26H26N2O5S. The van der Waals surface area contributed by atoms with Crippen LogP contribution < -0.4 is 24.4 Å². The predicted molar refractivity (Wildman–Crippen MR) is 133 cm³/mol. The van der Waals surface area contributed by atoms with Crippen molar-refractivity contribution in [3.05, 3.63) is 72.3 Å². The highest BCUT2D eigenvalue weighted by molar-refractivity contribution is 7.99. The van der Waals surface area contributed by atoms with Gasteiger partial charge in [0, 0.05) is 28.3 Å². The topological polar surface area (TPSA) is 77.1 Å². The number of para-hydroxylation sites is 1. The van der Waals surface area contributed by atoms with Crippen LogP contribution in [0.3, 0.4) is 0 Å². The van der Waals surface area contributed by atoms with Crippen molar-refractivity contribution >= 4 is 35.0 Å². The van der Waals surface area contributed by atoms with E-state index in [-0.39, 0.29) is 30.0 Å². The lowest BCUT2D eigenvalue weighted by atomic mass is 10.1. The number of fused-ring (bicyclic) bond motifs is 1. The number of hydrogen-bond donors (Lipinski definition) is 1. The van der Waals surface area contributed by atoms with E-state index in [9.17, 15) is 9.59 Å². The molecule has 0 saturated heterocycles. The van der Waals surface area contributed by atoms with Crippen molar-refractivity contribution in [2.75, 3.05) is 38.1 Å². The third kappa shape index (κ3) is 5.12. The van der Waals surface area contributed by atoms with Crippen molar-refractivity contribution in [3.63, 3.8) is 0 Å². The van der Waals surface area contributed by atoms with Crippen LogP contribution in [0, 0.1) is 0 Å². The third-order valence-electron chi connectivity index (χ3n) is 5.52. The molecular weight excluding hydrogens is 452 g/mol. The normalized spacial score (nSPS) is 15.2. The molecule has 1 N–H and O–H groups in total. The standard InChI is InChI=1S/C26H26N2O5S/c1-31-19-8-6-7-18(14-19)27-25(29)16-28-20-9-4-5-10-23(20)34-24(15-26(28)30)17-11-12-21(32-2)22(13-17)33-3/h4-14,24H,15-16H2,1-3H3,(H,27,29). The lowest BCUT2D eigenvalue weighted by Gasteiger charge is -2.22. The molecule has 0 aliphatic carbocycles. The van der Waals surface area contributed by atoms with Gasteiger partial charge in [-0.1, -0.05) is 24.3 Å². The third-order valence-corrected chi connectivity index (χ3v) is 6.84. The number of amides is 2. The number of rotatable bonds is 7. The van der Waals surface area contributed by atoms with Crippen LogP contribution in [-0.2, 0) is 9.59 Å². The van der Waals surface area contributed by atoms with Gasteiger partial charge in [-0.15, -0.1) is 11.8 Å². The van der Waals surface area contributed by atoms with Crippen LogP contribution in [0.5, 0.6) is 17.2 Å². The van der Waals surface area contributed by atoms with Crippen molar-refractivity contribution in [1.82, 2.24) is 0 Å². The highest BCUT2D eigenvalue weighted by Crippen LogP contribution is 2.46. The molecule has 1 atom stereocenters. The van der Waals surface area contributed by atoms with Crippen molar-refractivity contribution < 1.29 is 23.8 Å². The van der Waals surface area contributed by atoms with E-state index in [0.717, 1.165) is 16.1 Å². The van der Waals surface area contributed by atoms with Gasteiger partial charge in [-0.25, -0.2) is 0 Å². The number of nitrogens with zero attached hydrogens (tertiary/aromatic N) is 1. The minimum absolute atomic E-state index is 0.0910. The fraction of sp³-hybridized carbons (Fsp3) is 0.231. The Balaban J connectivity index is 1.58. The first-order chi connectivity index (χ1) is 16.5. The average molecular weight is 479 g/mol. The number of ether oxygens (including phenoxy) is 3. The summed E-state index contributed by atoms with van der Waals surface area (Å²) in [6.07, 6.45) is 0.237. The molecule has 0 aromatic heterocycles. The van der Waals surface area contributed by atoms with E-state index < -0.39 is 0 Å². The Morgan fingerprint density at radius 3 is 2.53 bits per heavy atom. The van der Waals surface area contributed by atoms with E-state index in [4.69, 9.17) is 14.2 Å². The van der Waals surface area contributed by atoms with E-state index in [1.807, 2.05) is 42.5 Å². The zero-order valence-corrected chi connectivity index (χ0v) is 20.1. The van der Waals surface area contributed by atoms with Gasteiger partial charge in [0.05, 0.1) is 27.0 Å². The Hall–Kier alpha value is -3.65. The molecule has 0 bridgehead atoms. The molecule has 4 rings (SSSR count). The summed E-state index contributed by atoms with van der Waals surface area (Å²) in [7, 11) is 4.75. The minimum atomic E-state index is -0.286. The Morgan fingerprint density at radius 2 is 1.76 bits per heavy atom. The largest absolute Gasteiger partial charge is 0.497 e. The van der Waals surface area contributed by atoms with Crippen LogP contribution in [0.25, 0.3) is 0 Å². The summed E-state index contributed by atoms with van der Waals surface area (Å²) in [5.74, 6) is 1.47. The molecule has 3 aromatic rings. The number of benzene rings is 3. The van der Waals surface area contributed by atoms with Gasteiger partial charge in [0.15, 0.2) is 11.5 Å². The first-order valence-electron chi connectivity index (χ1n) is 10.7. The van der Waals surface area contributed by atoms with Crippen LogP contribution in [0.2, 0.25) is 0 Å². The number of carbonyl (C=O) groups is 2. The maximum atomic E-state index is 13.4. The summed E-state index contributed by atoms with van der Waals surface area (Å²) >= 11 is 1.60. The summed E-state index contributed by atoms with van der Waals surface area (Å²) in [6.45, 7) is -0.0910. The van der Waals surface area contributed by atoms with E-state index in [0.29, 0.717) is 22.9 Å². The summed E-state index contributed by atoms with van der Waals surface area (Å²) in [5.41, 5.74) is 2.28. The van der Waals surface area contributed by atoms with Gasteiger partial charge in [-0.05, 0) is 42.0 Å². The number of anilines is 2. The number of nitrogens with one attached hydrogen (secondary N) is 1. The number of thioether (sulfide) groups is 1. The molecule has 1 unspecified atom stereocenters. The highest BCUT2D eigenvalue weighted by atomic mass is 32.2. The molecule has 0 radical (unpaired) electrons. The second-order valence-electron chi connectivity index (χ2n) is 7.65.